The summed E-state index contributed by atoms with van der Waals surface area (Å²) in [6.07, 6.45) is 2.79. The number of nitrogens with one attached hydrogen (secondary N) is 2. The molecule has 1 aromatic carbocycles. The van der Waals surface area contributed by atoms with Gasteiger partial charge < -0.3 is 20.6 Å². The lowest BCUT2D eigenvalue weighted by Gasteiger charge is -2.36. The topological polar surface area (TPSA) is 90.4 Å². The Morgan fingerprint density at radius 2 is 2.15 bits per heavy atom. The number of hydrogen-bond donors (Lipinski definition) is 3. The molecule has 10 heteroatoms. The molecule has 34 heavy (non-hydrogen) atoms. The number of likely N-dealkylation sites (tertiary alicyclic amines) is 1. The molecule has 0 radical (unpaired) electrons. The Morgan fingerprint density at radius 1 is 1.26 bits per heavy atom. The minimum absolute atomic E-state index is 0.0119. The Morgan fingerprint density at radius 3 is 3.00 bits per heavy atom. The Bertz CT molecular complexity index is 1220. The van der Waals surface area contributed by atoms with Crippen LogP contribution in [0, 0.1) is 0 Å². The van der Waals surface area contributed by atoms with Crippen LogP contribution in [0.4, 0.5) is 5.82 Å². The number of hydrogen-bond acceptors (Lipinski definition) is 7. The van der Waals surface area contributed by atoms with Crippen molar-refractivity contribution in [3.8, 4) is 0 Å². The average Bonchev–Trinajstić information content (AvgIpc) is 2.82. The molecule has 4 heterocycles. The average molecular weight is 518 g/mol. The molecule has 3 aromatic rings. The van der Waals surface area contributed by atoms with E-state index in [1.54, 1.807) is 6.20 Å². The molecular formula is C24H25Cl2N5O2S. The monoisotopic (exact) mass is 517 g/mol. The van der Waals surface area contributed by atoms with Crippen molar-refractivity contribution in [1.82, 2.24) is 20.2 Å². The molecule has 178 valence electrons. The highest BCUT2D eigenvalue weighted by Crippen LogP contribution is 2.30. The van der Waals surface area contributed by atoms with Crippen LogP contribution in [-0.2, 0) is 17.8 Å². The van der Waals surface area contributed by atoms with E-state index in [1.165, 1.54) is 11.8 Å². The molecule has 1 fully saturated rings. The van der Waals surface area contributed by atoms with E-state index >= 15 is 0 Å². The number of anilines is 1. The summed E-state index contributed by atoms with van der Waals surface area (Å²) in [5.41, 5.74) is 2.75. The van der Waals surface area contributed by atoms with Gasteiger partial charge in [-0.3, -0.25) is 9.78 Å². The SMILES string of the molecule is O=C1CSc2ccc(CN[C@@H]3CCN(CCc4c(Cl)cnc5ccc(Cl)cc45)C[C@H]3O)nc2N1. The van der Waals surface area contributed by atoms with Crippen LogP contribution in [0.25, 0.3) is 10.9 Å². The van der Waals surface area contributed by atoms with Crippen LogP contribution in [0.3, 0.4) is 0 Å². The summed E-state index contributed by atoms with van der Waals surface area (Å²) in [6.45, 7) is 2.79. The second kappa shape index (κ2) is 10.4. The van der Waals surface area contributed by atoms with Gasteiger partial charge in [0.05, 0.1) is 33.0 Å². The number of nitrogens with zero attached hydrogens (tertiary/aromatic N) is 3. The number of rotatable bonds is 6. The summed E-state index contributed by atoms with van der Waals surface area (Å²) in [4.78, 5) is 23.8. The molecule has 0 saturated carbocycles. The highest BCUT2D eigenvalue weighted by molar-refractivity contribution is 8.00. The molecule has 3 N–H and O–H groups in total. The Hall–Kier alpha value is -1.94. The maximum absolute atomic E-state index is 11.6. The molecule has 0 bridgehead atoms. The largest absolute Gasteiger partial charge is 0.390 e. The number of thioether (sulfide) groups is 1. The first-order chi connectivity index (χ1) is 16.5. The molecule has 0 spiro atoms. The van der Waals surface area contributed by atoms with Crippen molar-refractivity contribution in [1.29, 1.82) is 0 Å². The summed E-state index contributed by atoms with van der Waals surface area (Å²) in [5, 5.41) is 19.3. The normalized spacial score (nSPS) is 20.9. The smallest absolute Gasteiger partial charge is 0.235 e. The summed E-state index contributed by atoms with van der Waals surface area (Å²) in [5.74, 6) is 1.02. The summed E-state index contributed by atoms with van der Waals surface area (Å²) < 4.78 is 0. The molecule has 0 unspecified atom stereocenters. The number of benzene rings is 1. The number of aliphatic hydroxyl groups is 1. The van der Waals surface area contributed by atoms with Gasteiger partial charge in [0.2, 0.25) is 5.91 Å². The number of β-amino-alcohol motifs (C(OH)–C–C–N with tert-alkyl or cyclic N) is 1. The third-order valence-electron chi connectivity index (χ3n) is 6.31. The molecule has 2 aliphatic heterocycles. The standard InChI is InChI=1S/C24H25Cl2N5O2S/c25-14-1-3-19-17(9-14)16(18(26)11-28-19)5-7-31-8-6-20(21(32)12-31)27-10-15-2-4-22-24(29-15)30-23(33)13-34-22/h1-4,9,11,20-21,27,32H,5-8,10,12-13H2,(H,29,30,33)/t20-,21-/m1/s1. The fraction of sp³-hybridized carbons (Fsp3) is 0.375. The summed E-state index contributed by atoms with van der Waals surface area (Å²) >= 11 is 14.2. The number of aliphatic hydroxyl groups excluding tert-OH is 1. The predicted octanol–water partition coefficient (Wildman–Crippen LogP) is 3.75. The molecule has 5 rings (SSSR count). The molecule has 1 saturated heterocycles. The van der Waals surface area contributed by atoms with Gasteiger partial charge in [-0.25, -0.2) is 4.98 Å². The first kappa shape index (κ1) is 23.8. The zero-order chi connectivity index (χ0) is 23.7. The van der Waals surface area contributed by atoms with E-state index in [0.717, 1.165) is 53.0 Å². The van der Waals surface area contributed by atoms with Crippen LogP contribution in [0.15, 0.2) is 41.4 Å². The van der Waals surface area contributed by atoms with Crippen LogP contribution in [-0.4, -0.2) is 63.4 Å². The molecule has 0 aliphatic carbocycles. The van der Waals surface area contributed by atoms with Crippen LogP contribution in [0.2, 0.25) is 10.0 Å². The number of fused-ring (bicyclic) bond motifs is 2. The van der Waals surface area contributed by atoms with E-state index in [9.17, 15) is 9.90 Å². The first-order valence-corrected chi connectivity index (χ1v) is 13.0. The van der Waals surface area contributed by atoms with E-state index in [-0.39, 0.29) is 11.9 Å². The molecule has 2 aliphatic rings. The van der Waals surface area contributed by atoms with Crippen LogP contribution in [0.5, 0.6) is 0 Å². The van der Waals surface area contributed by atoms with Gasteiger partial charge in [-0.2, -0.15) is 0 Å². The maximum atomic E-state index is 11.6. The Kier molecular flexibility index (Phi) is 7.24. The van der Waals surface area contributed by atoms with E-state index in [1.807, 2.05) is 30.3 Å². The Labute approximate surface area is 212 Å². The molecule has 2 atom stereocenters. The highest BCUT2D eigenvalue weighted by Gasteiger charge is 2.27. The van der Waals surface area contributed by atoms with Crippen LogP contribution in [0.1, 0.15) is 17.7 Å². The third kappa shape index (κ3) is 5.32. The lowest BCUT2D eigenvalue weighted by atomic mass is 10.0. The van der Waals surface area contributed by atoms with Crippen molar-refractivity contribution in [3.63, 3.8) is 0 Å². The van der Waals surface area contributed by atoms with Crippen molar-refractivity contribution >= 4 is 57.6 Å². The van der Waals surface area contributed by atoms with Crippen molar-refractivity contribution in [2.75, 3.05) is 30.7 Å². The van der Waals surface area contributed by atoms with Crippen LogP contribution < -0.4 is 10.6 Å². The molecular weight excluding hydrogens is 493 g/mol. The lowest BCUT2D eigenvalue weighted by Crippen LogP contribution is -2.52. The minimum atomic E-state index is -0.485. The third-order valence-corrected chi connectivity index (χ3v) is 7.92. The van der Waals surface area contributed by atoms with Crippen molar-refractivity contribution in [2.45, 2.75) is 36.4 Å². The predicted molar refractivity (Wildman–Crippen MR) is 137 cm³/mol. The molecule has 2 aromatic heterocycles. The molecule has 7 nitrogen and oxygen atoms in total. The summed E-state index contributed by atoms with van der Waals surface area (Å²) in [6, 6.07) is 9.59. The number of piperidine rings is 1. The fourth-order valence-electron chi connectivity index (χ4n) is 4.50. The van der Waals surface area contributed by atoms with Crippen molar-refractivity contribution in [2.24, 2.45) is 0 Å². The summed E-state index contributed by atoms with van der Waals surface area (Å²) in [7, 11) is 0. The van der Waals surface area contributed by atoms with Gasteiger partial charge in [0.1, 0.15) is 5.82 Å². The van der Waals surface area contributed by atoms with Gasteiger partial charge in [0.25, 0.3) is 0 Å². The van der Waals surface area contributed by atoms with Gasteiger partial charge in [0, 0.05) is 42.3 Å². The first-order valence-electron chi connectivity index (χ1n) is 11.3. The highest BCUT2D eigenvalue weighted by atomic mass is 35.5. The number of aromatic nitrogens is 2. The number of pyridine rings is 2. The van der Waals surface area contributed by atoms with E-state index < -0.39 is 6.10 Å². The van der Waals surface area contributed by atoms with Gasteiger partial charge in [-0.05, 0) is 55.3 Å². The number of carbonyl (C=O) groups is 1. The lowest BCUT2D eigenvalue weighted by molar-refractivity contribution is -0.113. The van der Waals surface area contributed by atoms with E-state index in [4.69, 9.17) is 23.2 Å². The van der Waals surface area contributed by atoms with E-state index in [0.29, 0.717) is 34.7 Å². The fourth-order valence-corrected chi connectivity index (χ4v) is 5.67. The number of halogens is 2. The van der Waals surface area contributed by atoms with E-state index in [2.05, 4.69) is 25.5 Å². The van der Waals surface area contributed by atoms with Crippen molar-refractivity contribution in [3.05, 3.63) is 57.8 Å². The Balaban J connectivity index is 1.16. The molecule has 1 amide bonds. The zero-order valence-corrected chi connectivity index (χ0v) is 20.8. The van der Waals surface area contributed by atoms with Gasteiger partial charge in [0.15, 0.2) is 0 Å². The number of amides is 1. The minimum Gasteiger partial charge on any atom is -0.390 e. The van der Waals surface area contributed by atoms with Crippen LogP contribution >= 0.6 is 35.0 Å². The van der Waals surface area contributed by atoms with Gasteiger partial charge in [-0.15, -0.1) is 11.8 Å². The quantitative estimate of drug-likeness (QED) is 0.458. The number of carbonyl (C=O) groups excluding carboxylic acids is 1. The second-order valence-corrected chi connectivity index (χ2v) is 10.5. The van der Waals surface area contributed by atoms with Crippen molar-refractivity contribution < 1.29 is 9.90 Å². The van der Waals surface area contributed by atoms with Gasteiger partial charge in [-0.1, -0.05) is 23.2 Å². The zero-order valence-electron chi connectivity index (χ0n) is 18.4. The maximum Gasteiger partial charge on any atom is 0.235 e. The second-order valence-electron chi connectivity index (χ2n) is 8.63. The van der Waals surface area contributed by atoms with Gasteiger partial charge >= 0.3 is 0 Å².